The second-order valence-corrected chi connectivity index (χ2v) is 8.09. The first-order valence-corrected chi connectivity index (χ1v) is 10.1. The summed E-state index contributed by atoms with van der Waals surface area (Å²) in [5.41, 5.74) is 3.61. The monoisotopic (exact) mass is 391 g/mol. The Bertz CT molecular complexity index is 1110. The zero-order valence-corrected chi connectivity index (χ0v) is 16.5. The van der Waals surface area contributed by atoms with E-state index in [1.54, 1.807) is 0 Å². The van der Waals surface area contributed by atoms with Gasteiger partial charge in [0.05, 0.1) is 5.25 Å². The van der Waals surface area contributed by atoms with Crippen molar-refractivity contribution >= 4 is 39.7 Å². The lowest BCUT2D eigenvalue weighted by atomic mass is 10.0. The predicted molar refractivity (Wildman–Crippen MR) is 112 cm³/mol. The fraction of sp³-hybridized carbons (Fsp3) is 0.238. The number of hydrogen-bond donors (Lipinski definition) is 2. The average Bonchev–Trinajstić information content (AvgIpc) is 3.10. The number of rotatable bonds is 6. The van der Waals surface area contributed by atoms with E-state index in [0.29, 0.717) is 17.3 Å². The molecule has 2 atom stereocenters. The normalized spacial score (nSPS) is 13.5. The van der Waals surface area contributed by atoms with Crippen molar-refractivity contribution in [2.75, 3.05) is 6.54 Å². The SMILES string of the molecule is C[C@H](CNC(=O)[C@@H](C)Sc1nnc2c(n1)[nH]c1ccccc12)c1ccccc1. The smallest absolute Gasteiger partial charge is 0.233 e. The van der Waals surface area contributed by atoms with Gasteiger partial charge in [-0.3, -0.25) is 4.79 Å². The van der Waals surface area contributed by atoms with Gasteiger partial charge < -0.3 is 10.3 Å². The highest BCUT2D eigenvalue weighted by molar-refractivity contribution is 8.00. The van der Waals surface area contributed by atoms with Crippen LogP contribution >= 0.6 is 11.8 Å². The van der Waals surface area contributed by atoms with Crippen molar-refractivity contribution in [2.45, 2.75) is 30.2 Å². The van der Waals surface area contributed by atoms with E-state index in [0.717, 1.165) is 16.4 Å². The topological polar surface area (TPSA) is 83.6 Å². The molecule has 2 heterocycles. The minimum Gasteiger partial charge on any atom is -0.355 e. The van der Waals surface area contributed by atoms with E-state index >= 15 is 0 Å². The fourth-order valence-electron chi connectivity index (χ4n) is 3.06. The van der Waals surface area contributed by atoms with Crippen molar-refractivity contribution in [3.63, 3.8) is 0 Å². The van der Waals surface area contributed by atoms with Crippen molar-refractivity contribution in [2.24, 2.45) is 0 Å². The van der Waals surface area contributed by atoms with Gasteiger partial charge in [-0.05, 0) is 24.5 Å². The Morgan fingerprint density at radius 2 is 1.82 bits per heavy atom. The Kier molecular flexibility index (Phi) is 5.25. The van der Waals surface area contributed by atoms with Gasteiger partial charge in [0.25, 0.3) is 0 Å². The molecule has 4 aromatic rings. The van der Waals surface area contributed by atoms with Crippen molar-refractivity contribution < 1.29 is 4.79 Å². The van der Waals surface area contributed by atoms with Crippen LogP contribution in [-0.4, -0.2) is 37.9 Å². The second kappa shape index (κ2) is 7.98. The number of hydrogen-bond acceptors (Lipinski definition) is 5. The van der Waals surface area contributed by atoms with E-state index < -0.39 is 0 Å². The molecule has 6 nitrogen and oxygen atoms in total. The Hall–Kier alpha value is -2.93. The summed E-state index contributed by atoms with van der Waals surface area (Å²) in [7, 11) is 0. The molecule has 28 heavy (non-hydrogen) atoms. The summed E-state index contributed by atoms with van der Waals surface area (Å²) in [5.74, 6) is 0.219. The van der Waals surface area contributed by atoms with Gasteiger partial charge in [0, 0.05) is 17.4 Å². The summed E-state index contributed by atoms with van der Waals surface area (Å²) in [6.07, 6.45) is 0. The number of nitrogens with one attached hydrogen (secondary N) is 2. The van der Waals surface area contributed by atoms with Crippen LogP contribution in [0.1, 0.15) is 25.3 Å². The van der Waals surface area contributed by atoms with Crippen LogP contribution in [0.3, 0.4) is 0 Å². The molecule has 142 valence electrons. The molecular weight excluding hydrogens is 370 g/mol. The zero-order valence-electron chi connectivity index (χ0n) is 15.7. The molecule has 0 saturated heterocycles. The second-order valence-electron chi connectivity index (χ2n) is 6.78. The summed E-state index contributed by atoms with van der Waals surface area (Å²) < 4.78 is 0. The van der Waals surface area contributed by atoms with Gasteiger partial charge in [-0.15, -0.1) is 10.2 Å². The highest BCUT2D eigenvalue weighted by atomic mass is 32.2. The third kappa shape index (κ3) is 3.84. The zero-order chi connectivity index (χ0) is 19.5. The first-order valence-electron chi connectivity index (χ1n) is 9.22. The Balaban J connectivity index is 1.40. The van der Waals surface area contributed by atoms with Crippen LogP contribution in [0, 0.1) is 0 Å². The van der Waals surface area contributed by atoms with Gasteiger partial charge in [0.15, 0.2) is 5.65 Å². The third-order valence-corrected chi connectivity index (χ3v) is 5.66. The lowest BCUT2D eigenvalue weighted by molar-refractivity contribution is -0.120. The maximum atomic E-state index is 12.5. The van der Waals surface area contributed by atoms with Crippen LogP contribution in [0.4, 0.5) is 0 Å². The lowest BCUT2D eigenvalue weighted by Crippen LogP contribution is -2.33. The van der Waals surface area contributed by atoms with E-state index in [1.165, 1.54) is 17.3 Å². The molecule has 0 fully saturated rings. The summed E-state index contributed by atoms with van der Waals surface area (Å²) >= 11 is 1.31. The molecule has 7 heteroatoms. The molecule has 4 rings (SSSR count). The largest absolute Gasteiger partial charge is 0.355 e. The molecule has 0 saturated carbocycles. The number of amides is 1. The van der Waals surface area contributed by atoms with E-state index in [1.807, 2.05) is 49.4 Å². The number of aromatic nitrogens is 4. The number of para-hydroxylation sites is 1. The van der Waals surface area contributed by atoms with Crippen LogP contribution in [-0.2, 0) is 4.79 Å². The number of carbonyl (C=O) groups is 1. The summed E-state index contributed by atoms with van der Waals surface area (Å²) in [5, 5.41) is 12.7. The minimum absolute atomic E-state index is 0.0341. The van der Waals surface area contributed by atoms with Gasteiger partial charge in [-0.1, -0.05) is 67.2 Å². The first kappa shape index (κ1) is 18.4. The number of aromatic amines is 1. The highest BCUT2D eigenvalue weighted by Crippen LogP contribution is 2.25. The summed E-state index contributed by atoms with van der Waals surface area (Å²) in [4.78, 5) is 20.3. The van der Waals surface area contributed by atoms with Crippen LogP contribution < -0.4 is 5.32 Å². The molecule has 2 N–H and O–H groups in total. The van der Waals surface area contributed by atoms with Gasteiger partial charge in [-0.2, -0.15) is 0 Å². The predicted octanol–water partition coefficient (Wildman–Crippen LogP) is 3.91. The van der Waals surface area contributed by atoms with E-state index in [4.69, 9.17) is 0 Å². The quantitative estimate of drug-likeness (QED) is 0.487. The highest BCUT2D eigenvalue weighted by Gasteiger charge is 2.18. The molecule has 0 unspecified atom stereocenters. The first-order chi connectivity index (χ1) is 13.6. The number of fused-ring (bicyclic) bond motifs is 3. The molecule has 2 aromatic heterocycles. The fourth-order valence-corrected chi connectivity index (χ4v) is 3.80. The van der Waals surface area contributed by atoms with Gasteiger partial charge in [-0.25, -0.2) is 4.98 Å². The van der Waals surface area contributed by atoms with Gasteiger partial charge in [0.1, 0.15) is 5.52 Å². The summed E-state index contributed by atoms with van der Waals surface area (Å²) in [6, 6.07) is 18.1. The lowest BCUT2D eigenvalue weighted by Gasteiger charge is -2.15. The molecule has 0 aliphatic rings. The summed E-state index contributed by atoms with van der Waals surface area (Å²) in [6.45, 7) is 4.55. The van der Waals surface area contributed by atoms with Crippen LogP contribution in [0.2, 0.25) is 0 Å². The van der Waals surface area contributed by atoms with Crippen LogP contribution in [0.25, 0.3) is 22.1 Å². The Morgan fingerprint density at radius 3 is 2.64 bits per heavy atom. The maximum Gasteiger partial charge on any atom is 0.233 e. The van der Waals surface area contributed by atoms with E-state index in [-0.39, 0.29) is 17.1 Å². The molecule has 0 spiro atoms. The molecule has 0 bridgehead atoms. The van der Waals surface area contributed by atoms with Crippen molar-refractivity contribution in [1.82, 2.24) is 25.5 Å². The molecule has 0 aliphatic carbocycles. The number of carbonyl (C=O) groups excluding carboxylic acids is 1. The molecule has 0 radical (unpaired) electrons. The maximum absolute atomic E-state index is 12.5. The third-order valence-electron chi connectivity index (χ3n) is 4.71. The van der Waals surface area contributed by atoms with E-state index in [2.05, 4.69) is 44.5 Å². The van der Waals surface area contributed by atoms with E-state index in [9.17, 15) is 4.79 Å². The van der Waals surface area contributed by atoms with Crippen molar-refractivity contribution in [1.29, 1.82) is 0 Å². The molecular formula is C21H21N5OS. The minimum atomic E-state index is -0.313. The van der Waals surface area contributed by atoms with Crippen LogP contribution in [0.15, 0.2) is 59.8 Å². The molecule has 2 aromatic carbocycles. The number of benzene rings is 2. The van der Waals surface area contributed by atoms with Crippen molar-refractivity contribution in [3.05, 3.63) is 60.2 Å². The average molecular weight is 392 g/mol. The number of H-pyrrole nitrogens is 1. The molecule has 1 amide bonds. The van der Waals surface area contributed by atoms with Gasteiger partial charge >= 0.3 is 0 Å². The Labute approximate surface area is 167 Å². The number of nitrogens with zero attached hydrogens (tertiary/aromatic N) is 3. The standard InChI is InChI=1S/C21H21N5OS/c1-13(15-8-4-3-5-9-15)12-22-20(27)14(2)28-21-24-19-18(25-26-21)16-10-6-7-11-17(16)23-19/h3-11,13-14H,12H2,1-2H3,(H,22,27)(H,23,24,26)/t13-,14-/m1/s1. The number of thioether (sulfide) groups is 1. The Morgan fingerprint density at radius 1 is 1.07 bits per heavy atom. The van der Waals surface area contributed by atoms with Gasteiger partial charge in [0.2, 0.25) is 11.1 Å². The van der Waals surface area contributed by atoms with Crippen LogP contribution in [0.5, 0.6) is 0 Å². The van der Waals surface area contributed by atoms with Crippen molar-refractivity contribution in [3.8, 4) is 0 Å². The molecule has 0 aliphatic heterocycles.